The number of carbonyl (C=O) groups is 2. The van der Waals surface area contributed by atoms with Crippen molar-refractivity contribution < 1.29 is 14.7 Å². The summed E-state index contributed by atoms with van der Waals surface area (Å²) in [6.07, 6.45) is 4.48. The molecule has 14 heavy (non-hydrogen) atoms. The number of carbonyl (C=O) groups excluding carboxylic acids is 1. The van der Waals surface area contributed by atoms with E-state index in [-0.39, 0.29) is 12.0 Å². The Bertz CT molecular complexity index is 271. The van der Waals surface area contributed by atoms with Crippen LogP contribution in [-0.4, -0.2) is 34.0 Å². The van der Waals surface area contributed by atoms with Crippen molar-refractivity contribution in [1.82, 2.24) is 4.90 Å². The van der Waals surface area contributed by atoms with Gasteiger partial charge in [0.15, 0.2) is 0 Å². The lowest BCUT2D eigenvalue weighted by molar-refractivity contribution is -0.156. The lowest BCUT2D eigenvalue weighted by atomic mass is 9.94. The number of hydrogen-bond acceptors (Lipinski definition) is 2. The van der Waals surface area contributed by atoms with Crippen LogP contribution < -0.4 is 0 Å². The number of amides is 1. The zero-order valence-electron chi connectivity index (χ0n) is 8.27. The molecule has 2 saturated carbocycles. The Hall–Kier alpha value is -1.06. The van der Waals surface area contributed by atoms with E-state index in [0.29, 0.717) is 6.41 Å². The van der Waals surface area contributed by atoms with Crippen molar-refractivity contribution >= 4 is 12.4 Å². The molecule has 0 aromatic carbocycles. The fraction of sp³-hybridized carbons (Fsp3) is 0.800. The summed E-state index contributed by atoms with van der Waals surface area (Å²) in [4.78, 5) is 23.7. The van der Waals surface area contributed by atoms with Crippen LogP contribution >= 0.6 is 0 Å². The van der Waals surface area contributed by atoms with Gasteiger partial charge in [-0.25, -0.2) is 4.79 Å². The van der Waals surface area contributed by atoms with Crippen LogP contribution in [0.3, 0.4) is 0 Å². The number of carboxylic acid groups (broad SMARTS) is 1. The summed E-state index contributed by atoms with van der Waals surface area (Å²) in [6, 6.07) is 0.175. The van der Waals surface area contributed by atoms with E-state index in [1.54, 1.807) is 6.92 Å². The highest BCUT2D eigenvalue weighted by Gasteiger charge is 2.54. The van der Waals surface area contributed by atoms with Crippen molar-refractivity contribution in [3.05, 3.63) is 0 Å². The molecule has 0 saturated heterocycles. The molecular formula is C10H15NO3. The number of carboxylic acids is 1. The molecule has 1 unspecified atom stereocenters. The summed E-state index contributed by atoms with van der Waals surface area (Å²) < 4.78 is 0. The SMILES string of the molecule is CC(C(=O)O)(C1CC1)N(C=O)C1CC1. The minimum atomic E-state index is -0.955. The lowest BCUT2D eigenvalue weighted by Crippen LogP contribution is -2.54. The Morgan fingerprint density at radius 3 is 2.29 bits per heavy atom. The van der Waals surface area contributed by atoms with Gasteiger partial charge in [-0.1, -0.05) is 0 Å². The van der Waals surface area contributed by atoms with Gasteiger partial charge in [0, 0.05) is 6.04 Å². The third kappa shape index (κ3) is 1.29. The summed E-state index contributed by atoms with van der Waals surface area (Å²) in [5.74, 6) is -0.704. The summed E-state index contributed by atoms with van der Waals surface area (Å²) in [7, 11) is 0. The standard InChI is InChI=1S/C10H15NO3/c1-10(9(13)14,7-2-3-7)11(6-12)8-4-5-8/h6-8H,2-5H2,1H3,(H,13,14). The zero-order valence-corrected chi connectivity index (χ0v) is 8.27. The molecule has 2 aliphatic carbocycles. The van der Waals surface area contributed by atoms with E-state index in [1.807, 2.05) is 0 Å². The molecule has 0 radical (unpaired) electrons. The van der Waals surface area contributed by atoms with Crippen molar-refractivity contribution in [3.8, 4) is 0 Å². The third-order valence-corrected chi connectivity index (χ3v) is 3.40. The summed E-state index contributed by atoms with van der Waals surface area (Å²) in [5.41, 5.74) is -0.955. The molecule has 0 aromatic heterocycles. The summed E-state index contributed by atoms with van der Waals surface area (Å²) in [5, 5.41) is 9.22. The topological polar surface area (TPSA) is 57.6 Å². The van der Waals surface area contributed by atoms with Crippen LogP contribution in [0, 0.1) is 5.92 Å². The van der Waals surface area contributed by atoms with Gasteiger partial charge in [-0.05, 0) is 38.5 Å². The molecule has 0 aromatic rings. The van der Waals surface area contributed by atoms with Crippen molar-refractivity contribution in [1.29, 1.82) is 0 Å². The molecule has 2 aliphatic rings. The van der Waals surface area contributed by atoms with Crippen LogP contribution in [0.1, 0.15) is 32.6 Å². The fourth-order valence-corrected chi connectivity index (χ4v) is 2.07. The number of aliphatic carboxylic acids is 1. The van der Waals surface area contributed by atoms with Gasteiger partial charge in [0.2, 0.25) is 6.41 Å². The lowest BCUT2D eigenvalue weighted by Gasteiger charge is -2.35. The van der Waals surface area contributed by atoms with Crippen LogP contribution in [0.25, 0.3) is 0 Å². The monoisotopic (exact) mass is 197 g/mol. The number of rotatable bonds is 5. The van der Waals surface area contributed by atoms with Crippen molar-refractivity contribution in [2.24, 2.45) is 5.92 Å². The molecule has 0 bridgehead atoms. The quantitative estimate of drug-likeness (QED) is 0.665. The Labute approximate surface area is 82.9 Å². The molecule has 2 fully saturated rings. The van der Waals surface area contributed by atoms with Crippen LogP contribution in [0.4, 0.5) is 0 Å². The largest absolute Gasteiger partial charge is 0.479 e. The molecule has 1 atom stereocenters. The highest BCUT2D eigenvalue weighted by atomic mass is 16.4. The van der Waals surface area contributed by atoms with Crippen LogP contribution in [-0.2, 0) is 9.59 Å². The second-order valence-corrected chi connectivity index (χ2v) is 4.47. The van der Waals surface area contributed by atoms with E-state index < -0.39 is 11.5 Å². The first-order valence-electron chi connectivity index (χ1n) is 5.08. The second kappa shape index (κ2) is 2.97. The molecular weight excluding hydrogens is 182 g/mol. The van der Waals surface area contributed by atoms with Gasteiger partial charge >= 0.3 is 5.97 Å². The van der Waals surface area contributed by atoms with Crippen LogP contribution in [0.2, 0.25) is 0 Å². The minimum Gasteiger partial charge on any atom is -0.479 e. The van der Waals surface area contributed by atoms with E-state index in [9.17, 15) is 14.7 Å². The number of hydrogen-bond donors (Lipinski definition) is 1. The van der Waals surface area contributed by atoms with E-state index in [0.717, 1.165) is 25.7 Å². The van der Waals surface area contributed by atoms with Gasteiger partial charge < -0.3 is 10.0 Å². The molecule has 1 amide bonds. The minimum absolute atomic E-state index is 0.158. The van der Waals surface area contributed by atoms with Gasteiger partial charge in [0.05, 0.1) is 0 Å². The molecule has 4 nitrogen and oxygen atoms in total. The normalized spacial score (nSPS) is 25.2. The predicted molar refractivity (Wildman–Crippen MR) is 49.7 cm³/mol. The zero-order chi connectivity index (χ0) is 10.3. The fourth-order valence-electron chi connectivity index (χ4n) is 2.07. The van der Waals surface area contributed by atoms with Crippen molar-refractivity contribution in [2.75, 3.05) is 0 Å². The van der Waals surface area contributed by atoms with Gasteiger partial charge in [0.1, 0.15) is 5.54 Å². The van der Waals surface area contributed by atoms with Gasteiger partial charge in [-0.15, -0.1) is 0 Å². The second-order valence-electron chi connectivity index (χ2n) is 4.47. The van der Waals surface area contributed by atoms with Gasteiger partial charge in [0.25, 0.3) is 0 Å². The van der Waals surface area contributed by atoms with Crippen molar-refractivity contribution in [3.63, 3.8) is 0 Å². The van der Waals surface area contributed by atoms with Crippen molar-refractivity contribution in [2.45, 2.75) is 44.2 Å². The molecule has 2 rings (SSSR count). The molecule has 0 heterocycles. The highest BCUT2D eigenvalue weighted by molar-refractivity contribution is 5.82. The van der Waals surface area contributed by atoms with E-state index >= 15 is 0 Å². The average Bonchev–Trinajstić information content (AvgIpc) is 2.99. The Morgan fingerprint density at radius 1 is 1.43 bits per heavy atom. The number of nitrogens with zero attached hydrogens (tertiary/aromatic N) is 1. The Morgan fingerprint density at radius 2 is 2.00 bits per heavy atom. The smallest absolute Gasteiger partial charge is 0.329 e. The maximum absolute atomic E-state index is 11.2. The van der Waals surface area contributed by atoms with Crippen LogP contribution in [0.5, 0.6) is 0 Å². The van der Waals surface area contributed by atoms with Crippen LogP contribution in [0.15, 0.2) is 0 Å². The van der Waals surface area contributed by atoms with E-state index in [1.165, 1.54) is 4.90 Å². The first-order valence-corrected chi connectivity index (χ1v) is 5.08. The van der Waals surface area contributed by atoms with E-state index in [2.05, 4.69) is 0 Å². The summed E-state index contributed by atoms with van der Waals surface area (Å²) >= 11 is 0. The third-order valence-electron chi connectivity index (χ3n) is 3.40. The highest BCUT2D eigenvalue weighted by Crippen LogP contribution is 2.46. The Balaban J connectivity index is 2.22. The van der Waals surface area contributed by atoms with Gasteiger partial charge in [-0.3, -0.25) is 4.79 Å². The van der Waals surface area contributed by atoms with E-state index in [4.69, 9.17) is 0 Å². The molecule has 78 valence electrons. The molecule has 0 aliphatic heterocycles. The molecule has 4 heteroatoms. The first-order chi connectivity index (χ1) is 6.60. The molecule has 0 spiro atoms. The summed E-state index contributed by atoms with van der Waals surface area (Å²) in [6.45, 7) is 1.68. The molecule has 1 N–H and O–H groups in total. The first kappa shape index (κ1) is 9.49. The van der Waals surface area contributed by atoms with Gasteiger partial charge in [-0.2, -0.15) is 0 Å². The Kier molecular flexibility index (Phi) is 2.01. The maximum Gasteiger partial charge on any atom is 0.329 e. The predicted octanol–water partition coefficient (Wildman–Crippen LogP) is 0.861. The average molecular weight is 197 g/mol. The maximum atomic E-state index is 11.2.